The van der Waals surface area contributed by atoms with E-state index in [-0.39, 0.29) is 5.91 Å². The van der Waals surface area contributed by atoms with Crippen LogP contribution in [0.25, 0.3) is 0 Å². The summed E-state index contributed by atoms with van der Waals surface area (Å²) < 4.78 is 5.83. The van der Waals surface area contributed by atoms with E-state index in [1.807, 2.05) is 50.1 Å². The molecule has 1 aromatic rings. The number of hydrogen-bond donors (Lipinski definition) is 0. The van der Waals surface area contributed by atoms with Crippen molar-refractivity contribution in [3.63, 3.8) is 0 Å². The fraction of sp³-hybridized carbons (Fsp3) is 0.588. The Morgan fingerprint density at radius 2 is 1.90 bits per heavy atom. The van der Waals surface area contributed by atoms with Crippen molar-refractivity contribution in [3.8, 4) is 5.75 Å². The lowest BCUT2D eigenvalue weighted by Gasteiger charge is -2.33. The van der Waals surface area contributed by atoms with Crippen molar-refractivity contribution in [1.82, 2.24) is 4.90 Å². The summed E-state index contributed by atoms with van der Waals surface area (Å²) in [4.78, 5) is 14.3. The van der Waals surface area contributed by atoms with E-state index < -0.39 is 6.10 Å². The second-order valence-electron chi connectivity index (χ2n) is 5.77. The first kappa shape index (κ1) is 14.9. The van der Waals surface area contributed by atoms with Gasteiger partial charge in [0.2, 0.25) is 0 Å². The molecular weight excluding hydrogens is 250 g/mol. The van der Waals surface area contributed by atoms with Crippen molar-refractivity contribution in [3.05, 3.63) is 29.8 Å². The van der Waals surface area contributed by atoms with Gasteiger partial charge in [0.05, 0.1) is 0 Å². The molecular formula is C17H25NO2. The van der Waals surface area contributed by atoms with E-state index >= 15 is 0 Å². The first-order valence-electron chi connectivity index (χ1n) is 7.58. The van der Waals surface area contributed by atoms with Gasteiger partial charge in [-0.25, -0.2) is 0 Å². The van der Waals surface area contributed by atoms with E-state index in [1.165, 1.54) is 19.3 Å². The van der Waals surface area contributed by atoms with Gasteiger partial charge in [0, 0.05) is 13.1 Å². The molecule has 1 aromatic carbocycles. The molecule has 1 fully saturated rings. The third-order valence-corrected chi connectivity index (χ3v) is 4.22. The van der Waals surface area contributed by atoms with Crippen molar-refractivity contribution in [1.29, 1.82) is 0 Å². The molecule has 3 nitrogen and oxygen atoms in total. The fourth-order valence-electron chi connectivity index (χ4n) is 2.86. The van der Waals surface area contributed by atoms with Crippen LogP contribution in [0.15, 0.2) is 24.3 Å². The van der Waals surface area contributed by atoms with Crippen LogP contribution < -0.4 is 4.74 Å². The van der Waals surface area contributed by atoms with Crippen molar-refractivity contribution < 1.29 is 9.53 Å². The Hall–Kier alpha value is -1.51. The van der Waals surface area contributed by atoms with Crippen LogP contribution in [0.3, 0.4) is 0 Å². The first-order chi connectivity index (χ1) is 9.59. The number of nitrogens with zero attached hydrogens (tertiary/aromatic N) is 1. The predicted octanol–water partition coefficient (Wildman–Crippen LogP) is 3.55. The number of carbonyl (C=O) groups is 1. The maximum absolute atomic E-state index is 12.5. The van der Waals surface area contributed by atoms with Gasteiger partial charge < -0.3 is 9.64 Å². The van der Waals surface area contributed by atoms with Crippen LogP contribution in [0.2, 0.25) is 0 Å². The summed E-state index contributed by atoms with van der Waals surface area (Å²) in [6, 6.07) is 8.21. The predicted molar refractivity (Wildman–Crippen MR) is 80.9 cm³/mol. The molecule has 0 radical (unpaired) electrons. The number of para-hydroxylation sites is 1. The van der Waals surface area contributed by atoms with Gasteiger partial charge >= 0.3 is 0 Å². The van der Waals surface area contributed by atoms with Gasteiger partial charge in [0.15, 0.2) is 6.10 Å². The molecule has 3 heteroatoms. The second-order valence-corrected chi connectivity index (χ2v) is 5.77. The molecule has 20 heavy (non-hydrogen) atoms. The van der Waals surface area contributed by atoms with Gasteiger partial charge in [-0.1, -0.05) is 37.5 Å². The average Bonchev–Trinajstić information content (AvgIpc) is 2.49. The molecule has 0 bridgehead atoms. The Bertz CT molecular complexity index is 452. The van der Waals surface area contributed by atoms with E-state index in [1.54, 1.807) is 0 Å². The molecule has 0 aliphatic heterocycles. The molecule has 1 saturated carbocycles. The Labute approximate surface area is 121 Å². The van der Waals surface area contributed by atoms with Crippen LogP contribution >= 0.6 is 0 Å². The Morgan fingerprint density at radius 3 is 2.55 bits per heavy atom. The molecule has 1 amide bonds. The summed E-state index contributed by atoms with van der Waals surface area (Å²) in [5, 5.41) is 0. The first-order valence-corrected chi connectivity index (χ1v) is 7.58. The van der Waals surface area contributed by atoms with Crippen LogP contribution in [0.4, 0.5) is 0 Å². The second kappa shape index (κ2) is 6.78. The fourth-order valence-corrected chi connectivity index (χ4v) is 2.86. The molecule has 110 valence electrons. The number of likely N-dealkylation sites (N-methyl/N-ethyl adjacent to an activating group) is 1. The molecule has 2 rings (SSSR count). The number of hydrogen-bond acceptors (Lipinski definition) is 2. The van der Waals surface area contributed by atoms with Crippen molar-refractivity contribution in [2.24, 2.45) is 0 Å². The van der Waals surface area contributed by atoms with Gasteiger partial charge in [-0.05, 0) is 38.3 Å². The zero-order valence-electron chi connectivity index (χ0n) is 12.8. The summed E-state index contributed by atoms with van der Waals surface area (Å²) >= 11 is 0. The smallest absolute Gasteiger partial charge is 0.263 e. The van der Waals surface area contributed by atoms with Gasteiger partial charge in [0.25, 0.3) is 5.91 Å². The molecule has 0 spiro atoms. The van der Waals surface area contributed by atoms with Crippen LogP contribution in [0.1, 0.15) is 44.6 Å². The lowest BCUT2D eigenvalue weighted by Crippen LogP contribution is -2.44. The van der Waals surface area contributed by atoms with Gasteiger partial charge in [0.1, 0.15) is 5.75 Å². The number of ether oxygens (including phenoxy) is 1. The van der Waals surface area contributed by atoms with Crippen molar-refractivity contribution >= 4 is 5.91 Å². The molecule has 1 aliphatic rings. The molecule has 1 atom stereocenters. The van der Waals surface area contributed by atoms with Gasteiger partial charge in [-0.3, -0.25) is 4.79 Å². The van der Waals surface area contributed by atoms with Crippen LogP contribution in [0, 0.1) is 6.92 Å². The van der Waals surface area contributed by atoms with Gasteiger partial charge in [-0.2, -0.15) is 0 Å². The molecule has 0 saturated heterocycles. The molecule has 1 aliphatic carbocycles. The van der Waals surface area contributed by atoms with Crippen LogP contribution in [-0.2, 0) is 4.79 Å². The third kappa shape index (κ3) is 3.53. The van der Waals surface area contributed by atoms with Gasteiger partial charge in [-0.15, -0.1) is 0 Å². The number of benzene rings is 1. The van der Waals surface area contributed by atoms with E-state index in [0.29, 0.717) is 6.04 Å². The summed E-state index contributed by atoms with van der Waals surface area (Å²) in [6.07, 6.45) is 5.58. The monoisotopic (exact) mass is 275 g/mol. The molecule has 0 aromatic heterocycles. The van der Waals surface area contributed by atoms with E-state index in [2.05, 4.69) is 0 Å². The van der Waals surface area contributed by atoms with Crippen LogP contribution in [0.5, 0.6) is 5.75 Å². The number of carbonyl (C=O) groups excluding carboxylic acids is 1. The molecule has 0 unspecified atom stereocenters. The quantitative estimate of drug-likeness (QED) is 0.841. The highest BCUT2D eigenvalue weighted by Gasteiger charge is 2.26. The standard InChI is InChI=1S/C17H25NO2/c1-13-9-7-8-12-16(13)20-14(2)17(19)18(3)15-10-5-4-6-11-15/h7-9,12,14-15H,4-6,10-11H2,1-3H3/t14-/m1/s1. The maximum Gasteiger partial charge on any atom is 0.263 e. The maximum atomic E-state index is 12.5. The van der Waals surface area contributed by atoms with E-state index in [9.17, 15) is 4.79 Å². The summed E-state index contributed by atoms with van der Waals surface area (Å²) in [5.41, 5.74) is 1.06. The zero-order valence-corrected chi connectivity index (χ0v) is 12.8. The number of aryl methyl sites for hydroxylation is 1. The van der Waals surface area contributed by atoms with E-state index in [0.717, 1.165) is 24.2 Å². The highest BCUT2D eigenvalue weighted by Crippen LogP contribution is 2.23. The number of rotatable bonds is 4. The van der Waals surface area contributed by atoms with Crippen LogP contribution in [-0.4, -0.2) is 30.0 Å². The Morgan fingerprint density at radius 1 is 1.25 bits per heavy atom. The summed E-state index contributed by atoms with van der Waals surface area (Å²) in [6.45, 7) is 3.84. The Balaban J connectivity index is 1.96. The molecule has 0 heterocycles. The summed E-state index contributed by atoms with van der Waals surface area (Å²) in [5.74, 6) is 0.880. The van der Waals surface area contributed by atoms with Crippen molar-refractivity contribution in [2.75, 3.05) is 7.05 Å². The normalized spacial score (nSPS) is 17.6. The average molecular weight is 275 g/mol. The SMILES string of the molecule is Cc1ccccc1O[C@H](C)C(=O)N(C)C1CCCCC1. The minimum Gasteiger partial charge on any atom is -0.481 e. The zero-order chi connectivity index (χ0) is 14.5. The highest BCUT2D eigenvalue weighted by atomic mass is 16.5. The highest BCUT2D eigenvalue weighted by molar-refractivity contribution is 5.81. The third-order valence-electron chi connectivity index (χ3n) is 4.22. The minimum atomic E-state index is -0.428. The molecule has 0 N–H and O–H groups in total. The number of amides is 1. The summed E-state index contributed by atoms with van der Waals surface area (Å²) in [7, 11) is 1.91. The lowest BCUT2D eigenvalue weighted by atomic mass is 9.94. The largest absolute Gasteiger partial charge is 0.481 e. The van der Waals surface area contributed by atoms with E-state index in [4.69, 9.17) is 4.74 Å². The lowest BCUT2D eigenvalue weighted by molar-refractivity contribution is -0.139. The minimum absolute atomic E-state index is 0.0835. The Kier molecular flexibility index (Phi) is 5.05. The van der Waals surface area contributed by atoms with Crippen molar-refractivity contribution in [2.45, 2.75) is 58.1 Å². The topological polar surface area (TPSA) is 29.5 Å².